The van der Waals surface area contributed by atoms with Crippen LogP contribution >= 0.6 is 0 Å². The minimum Gasteiger partial charge on any atom is -0.503 e. The fourth-order valence-electron chi connectivity index (χ4n) is 3.25. The van der Waals surface area contributed by atoms with Crippen molar-refractivity contribution in [2.24, 2.45) is 0 Å². The van der Waals surface area contributed by atoms with E-state index in [1.54, 1.807) is 30.6 Å². The van der Waals surface area contributed by atoms with Crippen LogP contribution in [0.2, 0.25) is 0 Å². The van der Waals surface area contributed by atoms with Crippen molar-refractivity contribution in [3.63, 3.8) is 0 Å². The molecule has 1 amide bonds. The van der Waals surface area contributed by atoms with Crippen molar-refractivity contribution in [3.8, 4) is 0 Å². The summed E-state index contributed by atoms with van der Waals surface area (Å²) in [7, 11) is 0. The van der Waals surface area contributed by atoms with E-state index < -0.39 is 23.5 Å². The molecule has 0 aliphatic carbocycles. The molecule has 1 atom stereocenters. The molecule has 1 aliphatic rings. The molecule has 0 bridgehead atoms. The number of hydrogen-bond acceptors (Lipinski definition) is 5. The molecule has 3 aromatic rings. The highest BCUT2D eigenvalue weighted by atomic mass is 16.3. The number of pyridine rings is 1. The van der Waals surface area contributed by atoms with Gasteiger partial charge in [0.05, 0.1) is 17.9 Å². The predicted octanol–water partition coefficient (Wildman–Crippen LogP) is 3.45. The summed E-state index contributed by atoms with van der Waals surface area (Å²) < 4.78 is 5.19. The van der Waals surface area contributed by atoms with E-state index in [0.717, 1.165) is 5.56 Å². The van der Waals surface area contributed by atoms with Crippen molar-refractivity contribution in [2.45, 2.75) is 12.6 Å². The van der Waals surface area contributed by atoms with Gasteiger partial charge in [0.1, 0.15) is 0 Å². The van der Waals surface area contributed by atoms with Gasteiger partial charge in [-0.15, -0.1) is 0 Å². The number of rotatable bonds is 5. The highest BCUT2D eigenvalue weighted by Crippen LogP contribution is 2.39. The average molecular weight is 360 g/mol. The van der Waals surface area contributed by atoms with E-state index in [0.29, 0.717) is 5.56 Å². The van der Waals surface area contributed by atoms with E-state index in [9.17, 15) is 14.7 Å². The minimum absolute atomic E-state index is 0.00104. The van der Waals surface area contributed by atoms with E-state index in [1.165, 1.54) is 17.2 Å². The summed E-state index contributed by atoms with van der Waals surface area (Å²) in [5.41, 5.74) is 1.53. The monoisotopic (exact) mass is 360 g/mol. The number of Topliss-reactive ketones (excluding diaryl/α,β-unsaturated/α-hetero) is 1. The number of aliphatic hydroxyl groups is 1. The van der Waals surface area contributed by atoms with E-state index in [4.69, 9.17) is 4.42 Å². The normalized spacial score (nSPS) is 16.8. The second-order valence-corrected chi connectivity index (χ2v) is 6.18. The molecular weight excluding hydrogens is 344 g/mol. The fraction of sp³-hybridized carbons (Fsp3) is 0.0952. The van der Waals surface area contributed by atoms with Crippen LogP contribution in [0.15, 0.2) is 89.0 Å². The van der Waals surface area contributed by atoms with Crippen molar-refractivity contribution >= 4 is 11.7 Å². The first-order valence-corrected chi connectivity index (χ1v) is 8.43. The zero-order valence-corrected chi connectivity index (χ0v) is 14.3. The molecule has 2 aromatic heterocycles. The minimum atomic E-state index is -0.746. The molecule has 1 N–H and O–H groups in total. The van der Waals surface area contributed by atoms with Gasteiger partial charge in [-0.05, 0) is 29.3 Å². The molecule has 0 radical (unpaired) electrons. The quantitative estimate of drug-likeness (QED) is 0.705. The Morgan fingerprint density at radius 3 is 2.59 bits per heavy atom. The van der Waals surface area contributed by atoms with Gasteiger partial charge in [0, 0.05) is 18.9 Å². The van der Waals surface area contributed by atoms with E-state index in [1.807, 2.05) is 30.3 Å². The SMILES string of the molecule is O=C(C1=C(O)C(=O)N(Cc2ccccc2)C1c1cccnc1)c1ccco1. The lowest BCUT2D eigenvalue weighted by atomic mass is 9.96. The summed E-state index contributed by atoms with van der Waals surface area (Å²) in [6.45, 7) is 0.248. The Bertz CT molecular complexity index is 995. The number of furan rings is 1. The zero-order chi connectivity index (χ0) is 18.8. The van der Waals surface area contributed by atoms with Crippen LogP contribution in [0.1, 0.15) is 27.7 Å². The van der Waals surface area contributed by atoms with Gasteiger partial charge in [0.25, 0.3) is 5.91 Å². The summed E-state index contributed by atoms with van der Waals surface area (Å²) in [5.74, 6) is -1.60. The summed E-state index contributed by atoms with van der Waals surface area (Å²) in [5, 5.41) is 10.5. The third-order valence-electron chi connectivity index (χ3n) is 4.49. The molecule has 1 aromatic carbocycles. The lowest BCUT2D eigenvalue weighted by Crippen LogP contribution is -2.30. The molecule has 0 fully saturated rings. The van der Waals surface area contributed by atoms with Crippen LogP contribution in [0.25, 0.3) is 0 Å². The molecule has 0 saturated carbocycles. The number of benzene rings is 1. The molecule has 3 heterocycles. The first kappa shape index (κ1) is 16.8. The standard InChI is InChI=1S/C21H16N2O4/c24-19(16-9-5-11-27-16)17-18(15-8-4-10-22-12-15)23(21(26)20(17)25)13-14-6-2-1-3-7-14/h1-12,18,25H,13H2. The van der Waals surface area contributed by atoms with Crippen LogP contribution in [0.5, 0.6) is 0 Å². The van der Waals surface area contributed by atoms with Crippen LogP contribution in [-0.2, 0) is 11.3 Å². The van der Waals surface area contributed by atoms with Crippen molar-refractivity contribution in [1.82, 2.24) is 9.88 Å². The molecule has 0 spiro atoms. The first-order chi connectivity index (χ1) is 13.2. The third kappa shape index (κ3) is 3.01. The van der Waals surface area contributed by atoms with Crippen molar-refractivity contribution in [1.29, 1.82) is 0 Å². The lowest BCUT2D eigenvalue weighted by Gasteiger charge is -2.26. The van der Waals surface area contributed by atoms with Crippen LogP contribution in [0.4, 0.5) is 0 Å². The highest BCUT2D eigenvalue weighted by Gasteiger charge is 2.44. The Kier molecular flexibility index (Phi) is 4.30. The summed E-state index contributed by atoms with van der Waals surface area (Å²) >= 11 is 0. The number of ketones is 1. The van der Waals surface area contributed by atoms with Crippen molar-refractivity contribution in [3.05, 3.63) is 101 Å². The van der Waals surface area contributed by atoms with Crippen molar-refractivity contribution in [2.75, 3.05) is 0 Å². The summed E-state index contributed by atoms with van der Waals surface area (Å²) in [4.78, 5) is 31.3. The third-order valence-corrected chi connectivity index (χ3v) is 4.49. The maximum Gasteiger partial charge on any atom is 0.290 e. The van der Waals surface area contributed by atoms with Gasteiger partial charge in [-0.1, -0.05) is 36.4 Å². The topological polar surface area (TPSA) is 83.6 Å². The molecule has 134 valence electrons. The molecule has 6 heteroatoms. The largest absolute Gasteiger partial charge is 0.503 e. The predicted molar refractivity (Wildman–Crippen MR) is 96.7 cm³/mol. The lowest BCUT2D eigenvalue weighted by molar-refractivity contribution is -0.130. The van der Waals surface area contributed by atoms with Gasteiger partial charge < -0.3 is 14.4 Å². The molecule has 6 nitrogen and oxygen atoms in total. The maximum absolute atomic E-state index is 12.9. The van der Waals surface area contributed by atoms with Crippen LogP contribution in [-0.4, -0.2) is 26.7 Å². The summed E-state index contributed by atoms with van der Waals surface area (Å²) in [6, 6.07) is 15.2. The zero-order valence-electron chi connectivity index (χ0n) is 14.3. The number of nitrogens with zero attached hydrogens (tertiary/aromatic N) is 2. The fourth-order valence-corrected chi connectivity index (χ4v) is 3.25. The number of aliphatic hydroxyl groups excluding tert-OH is 1. The Morgan fingerprint density at radius 1 is 1.11 bits per heavy atom. The number of amides is 1. The van der Waals surface area contributed by atoms with Gasteiger partial charge in [0.15, 0.2) is 11.5 Å². The smallest absolute Gasteiger partial charge is 0.290 e. The highest BCUT2D eigenvalue weighted by molar-refractivity contribution is 6.14. The van der Waals surface area contributed by atoms with Gasteiger partial charge in [-0.3, -0.25) is 14.6 Å². The Hall–Kier alpha value is -3.67. The van der Waals surface area contributed by atoms with Gasteiger partial charge >= 0.3 is 0 Å². The number of carbonyl (C=O) groups excluding carboxylic acids is 2. The molecule has 1 aliphatic heterocycles. The number of aromatic nitrogens is 1. The first-order valence-electron chi connectivity index (χ1n) is 8.43. The van der Waals surface area contributed by atoms with E-state index in [-0.39, 0.29) is 17.9 Å². The molecule has 1 unspecified atom stereocenters. The summed E-state index contributed by atoms with van der Waals surface area (Å²) in [6.07, 6.45) is 4.58. The Balaban J connectivity index is 1.79. The van der Waals surface area contributed by atoms with Crippen LogP contribution < -0.4 is 0 Å². The van der Waals surface area contributed by atoms with E-state index >= 15 is 0 Å². The molecule has 27 heavy (non-hydrogen) atoms. The van der Waals surface area contributed by atoms with Crippen molar-refractivity contribution < 1.29 is 19.1 Å². The molecule has 0 saturated heterocycles. The van der Waals surface area contributed by atoms with Gasteiger partial charge in [-0.2, -0.15) is 0 Å². The number of hydrogen-bond donors (Lipinski definition) is 1. The second kappa shape index (κ2) is 6.92. The van der Waals surface area contributed by atoms with E-state index in [2.05, 4.69) is 4.98 Å². The average Bonchev–Trinajstić information content (AvgIpc) is 3.32. The van der Waals surface area contributed by atoms with Crippen LogP contribution in [0, 0.1) is 0 Å². The molecular formula is C21H16N2O4. The number of carbonyl (C=O) groups is 2. The van der Waals surface area contributed by atoms with Crippen LogP contribution in [0.3, 0.4) is 0 Å². The Labute approximate surface area is 155 Å². The second-order valence-electron chi connectivity index (χ2n) is 6.18. The van der Waals surface area contributed by atoms with Gasteiger partial charge in [-0.25, -0.2) is 0 Å². The van der Waals surface area contributed by atoms with Gasteiger partial charge in [0.2, 0.25) is 5.78 Å². The Morgan fingerprint density at radius 2 is 1.93 bits per heavy atom. The molecule has 4 rings (SSSR count). The maximum atomic E-state index is 12.9.